The highest BCUT2D eigenvalue weighted by molar-refractivity contribution is 6.29. The molecule has 2 rings (SSSR count). The SMILES string of the molecule is N#CCCN(Cc1ccc(Cl)nn1)c1ccccc1. The molecule has 0 atom stereocenters. The average Bonchev–Trinajstić information content (AvgIpc) is 2.46. The first-order valence-electron chi connectivity index (χ1n) is 5.94. The van der Waals surface area contributed by atoms with Crippen molar-refractivity contribution < 1.29 is 0 Å². The molecule has 5 heteroatoms. The summed E-state index contributed by atoms with van der Waals surface area (Å²) in [6, 6.07) is 15.7. The van der Waals surface area contributed by atoms with Crippen LogP contribution in [0, 0.1) is 11.3 Å². The standard InChI is InChI=1S/C14H13ClN4/c15-14-8-7-12(17-18-14)11-19(10-4-9-16)13-5-2-1-3-6-13/h1-3,5-8H,4,10-11H2. The molecule has 1 aromatic heterocycles. The van der Waals surface area contributed by atoms with Crippen molar-refractivity contribution in [2.24, 2.45) is 0 Å². The van der Waals surface area contributed by atoms with Crippen LogP contribution >= 0.6 is 11.6 Å². The number of aromatic nitrogens is 2. The molecule has 0 unspecified atom stereocenters. The second kappa shape index (κ2) is 6.72. The quantitative estimate of drug-likeness (QED) is 0.839. The van der Waals surface area contributed by atoms with E-state index in [1.807, 2.05) is 36.4 Å². The molecule has 0 bridgehead atoms. The lowest BCUT2D eigenvalue weighted by molar-refractivity contribution is 0.764. The van der Waals surface area contributed by atoms with Gasteiger partial charge in [0.25, 0.3) is 0 Å². The van der Waals surface area contributed by atoms with Gasteiger partial charge >= 0.3 is 0 Å². The van der Waals surface area contributed by atoms with Crippen LogP contribution in [0.15, 0.2) is 42.5 Å². The van der Waals surface area contributed by atoms with Crippen LogP contribution in [0.5, 0.6) is 0 Å². The summed E-state index contributed by atoms with van der Waals surface area (Å²) >= 11 is 5.72. The molecule has 1 heterocycles. The molecule has 0 aliphatic rings. The molecular formula is C14H13ClN4. The molecule has 96 valence electrons. The third-order valence-electron chi connectivity index (χ3n) is 2.65. The van der Waals surface area contributed by atoms with Gasteiger partial charge in [-0.15, -0.1) is 5.10 Å². The lowest BCUT2D eigenvalue weighted by Gasteiger charge is -2.23. The molecule has 0 saturated heterocycles. The number of rotatable bonds is 5. The molecule has 0 aliphatic heterocycles. The first-order chi connectivity index (χ1) is 9.29. The number of para-hydroxylation sites is 1. The van der Waals surface area contributed by atoms with Crippen molar-refractivity contribution in [1.82, 2.24) is 10.2 Å². The Morgan fingerprint density at radius 3 is 2.53 bits per heavy atom. The third kappa shape index (κ3) is 3.94. The topological polar surface area (TPSA) is 52.8 Å². The maximum Gasteiger partial charge on any atom is 0.151 e. The molecule has 4 nitrogen and oxygen atoms in total. The monoisotopic (exact) mass is 272 g/mol. The molecular weight excluding hydrogens is 260 g/mol. The van der Waals surface area contributed by atoms with E-state index in [4.69, 9.17) is 16.9 Å². The highest BCUT2D eigenvalue weighted by Gasteiger charge is 2.08. The van der Waals surface area contributed by atoms with Crippen LogP contribution in [0.4, 0.5) is 5.69 Å². The molecule has 0 radical (unpaired) electrons. The minimum absolute atomic E-state index is 0.382. The predicted molar refractivity (Wildman–Crippen MR) is 74.8 cm³/mol. The zero-order valence-electron chi connectivity index (χ0n) is 10.3. The van der Waals surface area contributed by atoms with Crippen molar-refractivity contribution >= 4 is 17.3 Å². The third-order valence-corrected chi connectivity index (χ3v) is 2.86. The van der Waals surface area contributed by atoms with Crippen molar-refractivity contribution in [2.45, 2.75) is 13.0 Å². The van der Waals surface area contributed by atoms with Gasteiger partial charge in [-0.05, 0) is 24.3 Å². The number of nitriles is 1. The van der Waals surface area contributed by atoms with Gasteiger partial charge in [-0.2, -0.15) is 10.4 Å². The Labute approximate surface area is 117 Å². The Morgan fingerprint density at radius 1 is 1.11 bits per heavy atom. The minimum atomic E-state index is 0.382. The Kier molecular flexibility index (Phi) is 4.71. The van der Waals surface area contributed by atoms with E-state index in [1.54, 1.807) is 6.07 Å². The van der Waals surface area contributed by atoms with Crippen LogP contribution in [0.25, 0.3) is 0 Å². The lowest BCUT2D eigenvalue weighted by Crippen LogP contribution is -2.24. The smallest absolute Gasteiger partial charge is 0.151 e. The summed E-state index contributed by atoms with van der Waals surface area (Å²) in [5.41, 5.74) is 1.89. The highest BCUT2D eigenvalue weighted by atomic mass is 35.5. The fraction of sp³-hybridized carbons (Fsp3) is 0.214. The summed E-state index contributed by atoms with van der Waals surface area (Å²) in [4.78, 5) is 2.10. The highest BCUT2D eigenvalue weighted by Crippen LogP contribution is 2.16. The van der Waals surface area contributed by atoms with Crippen LogP contribution in [0.1, 0.15) is 12.1 Å². The van der Waals surface area contributed by atoms with Gasteiger partial charge in [-0.25, -0.2) is 0 Å². The van der Waals surface area contributed by atoms with Crippen LogP contribution in [0.3, 0.4) is 0 Å². The van der Waals surface area contributed by atoms with Crippen molar-refractivity contribution in [1.29, 1.82) is 5.26 Å². The number of hydrogen-bond acceptors (Lipinski definition) is 4. The number of benzene rings is 1. The van der Waals surface area contributed by atoms with E-state index in [0.29, 0.717) is 24.7 Å². The zero-order valence-corrected chi connectivity index (χ0v) is 11.1. The number of nitrogens with zero attached hydrogens (tertiary/aromatic N) is 4. The van der Waals surface area contributed by atoms with E-state index in [1.165, 1.54) is 0 Å². The first kappa shape index (κ1) is 13.3. The fourth-order valence-corrected chi connectivity index (χ4v) is 1.85. The van der Waals surface area contributed by atoms with Crippen LogP contribution in [-0.4, -0.2) is 16.7 Å². The van der Waals surface area contributed by atoms with Gasteiger partial charge in [0.05, 0.1) is 24.7 Å². The van der Waals surface area contributed by atoms with Gasteiger partial charge < -0.3 is 4.90 Å². The maximum atomic E-state index is 8.74. The van der Waals surface area contributed by atoms with E-state index < -0.39 is 0 Å². The van der Waals surface area contributed by atoms with Gasteiger partial charge in [0.1, 0.15) is 0 Å². The van der Waals surface area contributed by atoms with Crippen molar-refractivity contribution in [3.63, 3.8) is 0 Å². The van der Waals surface area contributed by atoms with Crippen molar-refractivity contribution in [3.05, 3.63) is 53.3 Å². The summed E-state index contributed by atoms with van der Waals surface area (Å²) in [7, 11) is 0. The number of anilines is 1. The zero-order chi connectivity index (χ0) is 13.5. The summed E-state index contributed by atoms with van der Waals surface area (Å²) in [6.07, 6.45) is 0.468. The lowest BCUT2D eigenvalue weighted by atomic mass is 10.2. The fourth-order valence-electron chi connectivity index (χ4n) is 1.75. The van der Waals surface area contributed by atoms with Gasteiger partial charge in [0.2, 0.25) is 0 Å². The van der Waals surface area contributed by atoms with Crippen molar-refractivity contribution in [2.75, 3.05) is 11.4 Å². The summed E-state index contributed by atoms with van der Waals surface area (Å²) < 4.78 is 0. The molecule has 0 fully saturated rings. The Bertz CT molecular complexity index is 548. The molecule has 0 saturated carbocycles. The van der Waals surface area contributed by atoms with Crippen LogP contribution in [0.2, 0.25) is 5.15 Å². The molecule has 0 amide bonds. The van der Waals surface area contributed by atoms with Gasteiger partial charge in [0, 0.05) is 12.2 Å². The minimum Gasteiger partial charge on any atom is -0.365 e. The second-order valence-electron chi connectivity index (χ2n) is 4.01. The van der Waals surface area contributed by atoms with Gasteiger partial charge in [0.15, 0.2) is 5.15 Å². The normalized spacial score (nSPS) is 9.89. The van der Waals surface area contributed by atoms with Crippen LogP contribution < -0.4 is 4.90 Å². The Hall–Kier alpha value is -2.12. The van der Waals surface area contributed by atoms with E-state index in [9.17, 15) is 0 Å². The Balaban J connectivity index is 2.14. The van der Waals surface area contributed by atoms with Crippen LogP contribution in [-0.2, 0) is 6.54 Å². The van der Waals surface area contributed by atoms with Gasteiger partial charge in [-0.3, -0.25) is 0 Å². The predicted octanol–water partition coefficient (Wildman–Crippen LogP) is 3.05. The van der Waals surface area contributed by atoms with E-state index in [-0.39, 0.29) is 0 Å². The molecule has 2 aromatic rings. The van der Waals surface area contributed by atoms with Gasteiger partial charge in [-0.1, -0.05) is 29.8 Å². The molecule has 0 N–H and O–H groups in total. The maximum absolute atomic E-state index is 8.74. The van der Waals surface area contributed by atoms with Crippen molar-refractivity contribution in [3.8, 4) is 6.07 Å². The second-order valence-corrected chi connectivity index (χ2v) is 4.40. The average molecular weight is 273 g/mol. The molecule has 1 aromatic carbocycles. The first-order valence-corrected chi connectivity index (χ1v) is 6.32. The van der Waals surface area contributed by atoms with E-state index in [2.05, 4.69) is 21.2 Å². The largest absolute Gasteiger partial charge is 0.365 e. The molecule has 0 spiro atoms. The Morgan fingerprint density at radius 2 is 1.89 bits per heavy atom. The molecule has 19 heavy (non-hydrogen) atoms. The summed E-state index contributed by atoms with van der Waals surface area (Å²) in [5.74, 6) is 0. The van der Waals surface area contributed by atoms with E-state index >= 15 is 0 Å². The summed E-state index contributed by atoms with van der Waals surface area (Å²) in [6.45, 7) is 1.26. The number of hydrogen-bond donors (Lipinski definition) is 0. The molecule has 0 aliphatic carbocycles. The number of halogens is 1. The summed E-state index contributed by atoms with van der Waals surface area (Å²) in [5, 5.41) is 17.0. The van der Waals surface area contributed by atoms with E-state index in [0.717, 1.165) is 11.4 Å².